The molecule has 1 N–H and O–H groups in total. The van der Waals surface area contributed by atoms with E-state index in [0.29, 0.717) is 46.0 Å². The topological polar surface area (TPSA) is 100 Å². The Hall–Kier alpha value is -3.29. The maximum Gasteiger partial charge on any atom is 0.336 e. The fourth-order valence-electron chi connectivity index (χ4n) is 4.59. The van der Waals surface area contributed by atoms with Crippen LogP contribution in [0.5, 0.6) is 11.5 Å². The molecular formula is C23H25NO7. The number of benzene rings is 1. The molecule has 0 saturated carbocycles. The first-order chi connectivity index (χ1) is 14.9. The van der Waals surface area contributed by atoms with Gasteiger partial charge in [0.05, 0.1) is 19.3 Å². The highest BCUT2D eigenvalue weighted by Gasteiger charge is 2.47. The van der Waals surface area contributed by atoms with Gasteiger partial charge in [0.15, 0.2) is 17.3 Å². The number of hydrogen-bond acceptors (Lipinski definition) is 8. The minimum Gasteiger partial charge on any atom is -0.468 e. The Kier molecular flexibility index (Phi) is 5.47. The number of esters is 2. The molecule has 3 aliphatic rings. The molecule has 3 unspecified atom stereocenters. The average molecular weight is 427 g/mol. The minimum atomic E-state index is -0.927. The lowest BCUT2D eigenvalue weighted by atomic mass is 9.69. The summed E-state index contributed by atoms with van der Waals surface area (Å²) in [4.78, 5) is 38.9. The Morgan fingerprint density at radius 3 is 2.68 bits per heavy atom. The second-order valence-electron chi connectivity index (χ2n) is 7.87. The molecular weight excluding hydrogens is 402 g/mol. The Morgan fingerprint density at radius 2 is 1.97 bits per heavy atom. The normalized spacial score (nSPS) is 24.5. The number of ketones is 1. The van der Waals surface area contributed by atoms with Crippen LogP contribution >= 0.6 is 0 Å². The van der Waals surface area contributed by atoms with Crippen molar-refractivity contribution in [3.63, 3.8) is 0 Å². The van der Waals surface area contributed by atoms with E-state index in [2.05, 4.69) is 5.32 Å². The summed E-state index contributed by atoms with van der Waals surface area (Å²) in [6.07, 6.45) is 0.481. The summed E-state index contributed by atoms with van der Waals surface area (Å²) in [7, 11) is 1.27. The Morgan fingerprint density at radius 1 is 1.23 bits per heavy atom. The van der Waals surface area contributed by atoms with E-state index in [0.717, 1.165) is 0 Å². The van der Waals surface area contributed by atoms with Crippen molar-refractivity contribution in [2.24, 2.45) is 11.8 Å². The highest BCUT2D eigenvalue weighted by atomic mass is 16.7. The van der Waals surface area contributed by atoms with E-state index >= 15 is 0 Å². The molecule has 0 amide bonds. The number of allylic oxidation sites excluding steroid dienone is 3. The molecule has 0 aromatic heterocycles. The number of Topliss-reactive ketones (excluding diaryl/α,β-unsaturated/α-hetero) is 1. The number of methoxy groups -OCH3 is 1. The van der Waals surface area contributed by atoms with Gasteiger partial charge in [-0.2, -0.15) is 0 Å². The van der Waals surface area contributed by atoms with Gasteiger partial charge in [-0.3, -0.25) is 9.59 Å². The maximum absolute atomic E-state index is 13.6. The van der Waals surface area contributed by atoms with Gasteiger partial charge in [-0.1, -0.05) is 13.0 Å². The molecule has 0 fully saturated rings. The summed E-state index contributed by atoms with van der Waals surface area (Å²) < 4.78 is 21.1. The third-order valence-electron chi connectivity index (χ3n) is 5.97. The molecule has 0 spiro atoms. The van der Waals surface area contributed by atoms with Gasteiger partial charge in [-0.25, -0.2) is 4.79 Å². The first kappa shape index (κ1) is 21.0. The quantitative estimate of drug-likeness (QED) is 0.578. The highest BCUT2D eigenvalue weighted by Crippen LogP contribution is 2.47. The van der Waals surface area contributed by atoms with Crippen molar-refractivity contribution in [2.45, 2.75) is 33.1 Å². The smallest absolute Gasteiger partial charge is 0.336 e. The van der Waals surface area contributed by atoms with Crippen LogP contribution in [0.2, 0.25) is 0 Å². The van der Waals surface area contributed by atoms with Gasteiger partial charge < -0.3 is 24.3 Å². The molecule has 1 aromatic carbocycles. The predicted octanol–water partition coefficient (Wildman–Crippen LogP) is 2.59. The summed E-state index contributed by atoms with van der Waals surface area (Å²) in [5.41, 5.74) is 2.75. The highest BCUT2D eigenvalue weighted by molar-refractivity contribution is 6.12. The second kappa shape index (κ2) is 8.09. The van der Waals surface area contributed by atoms with Gasteiger partial charge in [0.25, 0.3) is 0 Å². The van der Waals surface area contributed by atoms with Gasteiger partial charge in [-0.05, 0) is 43.9 Å². The molecule has 4 rings (SSSR count). The summed E-state index contributed by atoms with van der Waals surface area (Å²) in [5.74, 6) is -2.15. The number of hydrogen-bond donors (Lipinski definition) is 1. The van der Waals surface area contributed by atoms with Gasteiger partial charge in [0, 0.05) is 22.9 Å². The van der Waals surface area contributed by atoms with Crippen LogP contribution in [0.25, 0.3) is 0 Å². The van der Waals surface area contributed by atoms with Gasteiger partial charge in [0.2, 0.25) is 6.79 Å². The second-order valence-corrected chi connectivity index (χ2v) is 7.87. The number of nitrogens with one attached hydrogen (secondary N) is 1. The van der Waals surface area contributed by atoms with Crippen molar-refractivity contribution >= 4 is 17.7 Å². The monoisotopic (exact) mass is 427 g/mol. The molecule has 8 heteroatoms. The van der Waals surface area contributed by atoms with E-state index in [1.165, 1.54) is 7.11 Å². The SMILES string of the molecule is CCOC(=O)C1=C(C)NC2=C(C(=O)C(C(=O)OC)C(C)C2)C1c1ccc2c(c1)OCO2. The van der Waals surface area contributed by atoms with Crippen LogP contribution in [0.3, 0.4) is 0 Å². The lowest BCUT2D eigenvalue weighted by molar-refractivity contribution is -0.151. The molecule has 3 atom stereocenters. The number of fused-ring (bicyclic) bond motifs is 1. The molecule has 31 heavy (non-hydrogen) atoms. The summed E-state index contributed by atoms with van der Waals surface area (Å²) in [6.45, 7) is 5.67. The van der Waals surface area contributed by atoms with Crippen molar-refractivity contribution in [2.75, 3.05) is 20.5 Å². The molecule has 0 saturated heterocycles. The van der Waals surface area contributed by atoms with Crippen molar-refractivity contribution in [1.29, 1.82) is 0 Å². The number of rotatable bonds is 4. The summed E-state index contributed by atoms with van der Waals surface area (Å²) in [5, 5.41) is 3.23. The van der Waals surface area contributed by atoms with E-state index in [1.54, 1.807) is 32.0 Å². The Bertz CT molecular complexity index is 1020. The Labute approximate surface area is 180 Å². The first-order valence-corrected chi connectivity index (χ1v) is 10.3. The molecule has 1 aromatic rings. The van der Waals surface area contributed by atoms with Crippen LogP contribution in [-0.2, 0) is 23.9 Å². The van der Waals surface area contributed by atoms with Crippen LogP contribution < -0.4 is 14.8 Å². The number of ether oxygens (including phenoxy) is 4. The Balaban J connectivity index is 1.87. The van der Waals surface area contributed by atoms with Crippen LogP contribution in [-0.4, -0.2) is 38.2 Å². The van der Waals surface area contributed by atoms with E-state index in [4.69, 9.17) is 18.9 Å². The third kappa shape index (κ3) is 3.45. The number of carbonyl (C=O) groups is 3. The van der Waals surface area contributed by atoms with E-state index < -0.39 is 23.8 Å². The van der Waals surface area contributed by atoms with Gasteiger partial charge in [-0.15, -0.1) is 0 Å². The van der Waals surface area contributed by atoms with Crippen LogP contribution in [0.1, 0.15) is 38.7 Å². The molecule has 164 valence electrons. The molecule has 0 bridgehead atoms. The fraction of sp³-hybridized carbons (Fsp3) is 0.435. The maximum atomic E-state index is 13.6. The molecule has 2 aliphatic heterocycles. The van der Waals surface area contributed by atoms with Crippen molar-refractivity contribution in [3.05, 3.63) is 46.3 Å². The van der Waals surface area contributed by atoms with Crippen LogP contribution in [0.4, 0.5) is 0 Å². The molecule has 8 nitrogen and oxygen atoms in total. The zero-order chi connectivity index (χ0) is 22.3. The fourth-order valence-corrected chi connectivity index (χ4v) is 4.59. The van der Waals surface area contributed by atoms with Crippen molar-refractivity contribution < 1.29 is 33.3 Å². The largest absolute Gasteiger partial charge is 0.468 e. The van der Waals surface area contributed by atoms with Gasteiger partial charge in [0.1, 0.15) is 5.92 Å². The zero-order valence-electron chi connectivity index (χ0n) is 17.9. The molecule has 0 radical (unpaired) electrons. The minimum absolute atomic E-state index is 0.111. The van der Waals surface area contributed by atoms with Gasteiger partial charge >= 0.3 is 11.9 Å². The zero-order valence-corrected chi connectivity index (χ0v) is 17.9. The number of carbonyl (C=O) groups excluding carboxylic acids is 3. The van der Waals surface area contributed by atoms with Crippen molar-refractivity contribution in [3.8, 4) is 11.5 Å². The summed E-state index contributed by atoms with van der Waals surface area (Å²) in [6, 6.07) is 5.33. The lowest BCUT2D eigenvalue weighted by Gasteiger charge is -2.38. The third-order valence-corrected chi connectivity index (χ3v) is 5.97. The predicted molar refractivity (Wildman–Crippen MR) is 109 cm³/mol. The van der Waals surface area contributed by atoms with Crippen LogP contribution in [0, 0.1) is 11.8 Å². The van der Waals surface area contributed by atoms with Crippen LogP contribution in [0.15, 0.2) is 40.7 Å². The number of dihydropyridines is 1. The molecule has 2 heterocycles. The van der Waals surface area contributed by atoms with E-state index in [9.17, 15) is 14.4 Å². The summed E-state index contributed by atoms with van der Waals surface area (Å²) >= 11 is 0. The first-order valence-electron chi connectivity index (χ1n) is 10.3. The molecule has 1 aliphatic carbocycles. The standard InChI is InChI=1S/C23H25NO7/c1-5-29-23(27)18-12(3)24-14-8-11(2)17(22(26)28-4)21(25)20(14)19(18)13-6-7-15-16(9-13)31-10-30-15/h6-7,9,11,17,19,24H,5,8,10H2,1-4H3. The lowest BCUT2D eigenvalue weighted by Crippen LogP contribution is -2.43. The van der Waals surface area contributed by atoms with E-state index in [-0.39, 0.29) is 25.1 Å². The average Bonchev–Trinajstić information content (AvgIpc) is 3.20. The van der Waals surface area contributed by atoms with Crippen molar-refractivity contribution in [1.82, 2.24) is 5.32 Å². The van der Waals surface area contributed by atoms with E-state index in [1.807, 2.05) is 6.92 Å².